The maximum atomic E-state index is 4.51. The smallest absolute Gasteiger partial charge is 0.159 e. The second kappa shape index (κ2) is 8.05. The van der Waals surface area contributed by atoms with Gasteiger partial charge in [0.25, 0.3) is 0 Å². The van der Waals surface area contributed by atoms with Crippen molar-refractivity contribution in [3.05, 3.63) is 110 Å². The Hall–Kier alpha value is -4.18. The fourth-order valence-corrected chi connectivity index (χ4v) is 3.28. The molecule has 0 saturated heterocycles. The number of rotatable bonds is 4. The summed E-state index contributed by atoms with van der Waals surface area (Å²) in [5.41, 5.74) is 6.13. The highest BCUT2D eigenvalue weighted by atomic mass is 14.9. The van der Waals surface area contributed by atoms with Gasteiger partial charge in [-0.1, -0.05) is 84.9 Å². The third-order valence-electron chi connectivity index (χ3n) is 4.92. The van der Waals surface area contributed by atoms with Crippen molar-refractivity contribution < 1.29 is 0 Å². The Morgan fingerprint density at radius 2 is 0.633 bits per heavy atom. The van der Waals surface area contributed by atoms with Crippen molar-refractivity contribution in [2.75, 3.05) is 0 Å². The van der Waals surface area contributed by atoms with E-state index < -0.39 is 0 Å². The quantitative estimate of drug-likeness (QED) is 0.384. The van der Waals surface area contributed by atoms with Crippen LogP contribution in [0, 0.1) is 0 Å². The fraction of sp³-hybridized carbons (Fsp3) is 0. The largest absolute Gasteiger partial charge is 0.236 e. The van der Waals surface area contributed by atoms with Crippen LogP contribution in [-0.4, -0.2) is 19.9 Å². The third kappa shape index (κ3) is 3.71. The van der Waals surface area contributed by atoms with Gasteiger partial charge in [-0.05, 0) is 11.1 Å². The van der Waals surface area contributed by atoms with E-state index >= 15 is 0 Å². The number of hydrogen-bond acceptors (Lipinski definition) is 4. The van der Waals surface area contributed by atoms with Crippen LogP contribution >= 0.6 is 0 Å². The molecule has 0 aliphatic rings. The Bertz CT molecular complexity index is 1130. The molecule has 0 fully saturated rings. The molecule has 0 unspecified atom stereocenters. The zero-order chi connectivity index (χ0) is 20.2. The van der Waals surface area contributed by atoms with E-state index in [2.05, 4.69) is 44.2 Å². The van der Waals surface area contributed by atoms with Crippen LogP contribution in [0.25, 0.3) is 45.0 Å². The van der Waals surface area contributed by atoms with Crippen molar-refractivity contribution in [3.63, 3.8) is 0 Å². The van der Waals surface area contributed by atoms with Gasteiger partial charge in [0.2, 0.25) is 0 Å². The van der Waals surface area contributed by atoms with Gasteiger partial charge in [-0.3, -0.25) is 0 Å². The summed E-state index contributed by atoms with van der Waals surface area (Å²) in [4.78, 5) is 18.1. The number of benzene rings is 3. The Balaban J connectivity index is 1.35. The van der Waals surface area contributed by atoms with Gasteiger partial charge in [0.15, 0.2) is 11.6 Å². The van der Waals surface area contributed by atoms with Crippen molar-refractivity contribution in [1.82, 2.24) is 19.9 Å². The van der Waals surface area contributed by atoms with E-state index in [9.17, 15) is 0 Å². The van der Waals surface area contributed by atoms with Crippen molar-refractivity contribution in [3.8, 4) is 45.0 Å². The molecule has 0 aliphatic carbocycles. The van der Waals surface area contributed by atoms with Crippen LogP contribution in [0.4, 0.5) is 0 Å². The Morgan fingerprint density at radius 3 is 0.967 bits per heavy atom. The molecule has 2 aromatic heterocycles. The monoisotopic (exact) mass is 386 g/mol. The average Bonchev–Trinajstić information content (AvgIpc) is 2.85. The molecule has 142 valence electrons. The summed E-state index contributed by atoms with van der Waals surface area (Å²) < 4.78 is 0. The fourth-order valence-electron chi connectivity index (χ4n) is 3.28. The van der Waals surface area contributed by atoms with E-state index in [-0.39, 0.29) is 0 Å². The second-order valence-electron chi connectivity index (χ2n) is 6.90. The normalized spacial score (nSPS) is 10.7. The van der Waals surface area contributed by atoms with E-state index in [4.69, 9.17) is 0 Å². The Labute approximate surface area is 175 Å². The highest BCUT2D eigenvalue weighted by Gasteiger charge is 2.05. The highest BCUT2D eigenvalue weighted by Crippen LogP contribution is 2.25. The molecule has 0 aliphatic heterocycles. The van der Waals surface area contributed by atoms with Gasteiger partial charge >= 0.3 is 0 Å². The summed E-state index contributed by atoms with van der Waals surface area (Å²) in [5, 5.41) is 0. The first kappa shape index (κ1) is 17.9. The van der Waals surface area contributed by atoms with Crippen LogP contribution < -0.4 is 0 Å². The molecular weight excluding hydrogens is 368 g/mol. The van der Waals surface area contributed by atoms with Crippen molar-refractivity contribution >= 4 is 0 Å². The van der Waals surface area contributed by atoms with E-state index in [0.717, 1.165) is 45.0 Å². The minimum Gasteiger partial charge on any atom is -0.236 e. The minimum absolute atomic E-state index is 0.728. The van der Waals surface area contributed by atoms with E-state index in [1.807, 2.05) is 85.5 Å². The van der Waals surface area contributed by atoms with Gasteiger partial charge in [-0.2, -0.15) is 0 Å². The Morgan fingerprint density at radius 1 is 0.300 bits per heavy atom. The summed E-state index contributed by atoms with van der Waals surface area (Å²) >= 11 is 0. The molecule has 4 heteroatoms. The summed E-state index contributed by atoms with van der Waals surface area (Å²) in [5.74, 6) is 1.46. The summed E-state index contributed by atoms with van der Waals surface area (Å²) in [6.45, 7) is 0. The molecule has 0 N–H and O–H groups in total. The lowest BCUT2D eigenvalue weighted by atomic mass is 10.0. The zero-order valence-corrected chi connectivity index (χ0v) is 16.2. The number of nitrogens with zero attached hydrogens (tertiary/aromatic N) is 4. The van der Waals surface area contributed by atoms with Crippen LogP contribution in [-0.2, 0) is 0 Å². The molecule has 0 saturated carbocycles. The molecule has 0 amide bonds. The molecule has 2 heterocycles. The van der Waals surface area contributed by atoms with Crippen molar-refractivity contribution in [2.24, 2.45) is 0 Å². The number of hydrogen-bond donors (Lipinski definition) is 0. The molecular formula is C26H18N4. The molecule has 5 aromatic rings. The predicted molar refractivity (Wildman–Crippen MR) is 119 cm³/mol. The topological polar surface area (TPSA) is 51.6 Å². The molecule has 30 heavy (non-hydrogen) atoms. The third-order valence-corrected chi connectivity index (χ3v) is 4.92. The van der Waals surface area contributed by atoms with Crippen LogP contribution in [0.15, 0.2) is 110 Å². The lowest BCUT2D eigenvalue weighted by Gasteiger charge is -2.06. The first-order chi connectivity index (χ1) is 14.9. The highest BCUT2D eigenvalue weighted by molar-refractivity contribution is 5.70. The first-order valence-electron chi connectivity index (χ1n) is 9.72. The molecule has 0 atom stereocenters. The summed E-state index contributed by atoms with van der Waals surface area (Å²) in [6, 6.07) is 28.2. The first-order valence-corrected chi connectivity index (χ1v) is 9.72. The van der Waals surface area contributed by atoms with Gasteiger partial charge in [0, 0.05) is 47.0 Å². The van der Waals surface area contributed by atoms with E-state index in [1.54, 1.807) is 0 Å². The van der Waals surface area contributed by atoms with E-state index in [0.29, 0.717) is 0 Å². The van der Waals surface area contributed by atoms with Crippen molar-refractivity contribution in [1.29, 1.82) is 0 Å². The maximum Gasteiger partial charge on any atom is 0.159 e. The molecule has 0 bridgehead atoms. The SMILES string of the molecule is c1ccc(-c2ncc(-c3ccc(-c4cnc(-c5ccccc5)nc4)cc3)cn2)cc1. The summed E-state index contributed by atoms with van der Waals surface area (Å²) in [6.07, 6.45) is 7.45. The average molecular weight is 386 g/mol. The van der Waals surface area contributed by atoms with Crippen molar-refractivity contribution in [2.45, 2.75) is 0 Å². The Kier molecular flexibility index (Phi) is 4.80. The molecule has 5 rings (SSSR count). The van der Waals surface area contributed by atoms with Crippen LogP contribution in [0.3, 0.4) is 0 Å². The summed E-state index contributed by atoms with van der Waals surface area (Å²) in [7, 11) is 0. The van der Waals surface area contributed by atoms with E-state index in [1.165, 1.54) is 0 Å². The van der Waals surface area contributed by atoms with Gasteiger partial charge in [-0.15, -0.1) is 0 Å². The second-order valence-corrected chi connectivity index (χ2v) is 6.90. The maximum absolute atomic E-state index is 4.51. The van der Waals surface area contributed by atoms with Crippen LogP contribution in [0.1, 0.15) is 0 Å². The standard InChI is InChI=1S/C26H18N4/c1-3-7-21(8-4-1)25-27-15-23(16-28-25)19-11-13-20(14-12-19)24-17-29-26(30-18-24)22-9-5-2-6-10-22/h1-18H. The molecule has 3 aromatic carbocycles. The van der Waals surface area contributed by atoms with Crippen LogP contribution in [0.2, 0.25) is 0 Å². The number of aromatic nitrogens is 4. The lowest BCUT2D eigenvalue weighted by Crippen LogP contribution is -1.91. The lowest BCUT2D eigenvalue weighted by molar-refractivity contribution is 1.18. The minimum atomic E-state index is 0.728. The van der Waals surface area contributed by atoms with Gasteiger partial charge < -0.3 is 0 Å². The zero-order valence-electron chi connectivity index (χ0n) is 16.2. The predicted octanol–water partition coefficient (Wildman–Crippen LogP) is 5.93. The van der Waals surface area contributed by atoms with Gasteiger partial charge in [-0.25, -0.2) is 19.9 Å². The van der Waals surface area contributed by atoms with Crippen LogP contribution in [0.5, 0.6) is 0 Å². The van der Waals surface area contributed by atoms with Gasteiger partial charge in [0.1, 0.15) is 0 Å². The molecule has 0 radical (unpaired) electrons. The molecule has 4 nitrogen and oxygen atoms in total. The van der Waals surface area contributed by atoms with Gasteiger partial charge in [0.05, 0.1) is 0 Å². The molecule has 0 spiro atoms.